The number of nitrogens with one attached hydrogen (secondary N) is 2. The molecule has 4 rings (SSSR count). The third-order valence-corrected chi connectivity index (χ3v) is 6.12. The Morgan fingerprint density at radius 1 is 1.03 bits per heavy atom. The zero-order chi connectivity index (χ0) is 24.6. The number of carbonyl (C=O) groups is 2. The van der Waals surface area contributed by atoms with Crippen LogP contribution in [-0.2, 0) is 11.2 Å². The van der Waals surface area contributed by atoms with Crippen molar-refractivity contribution < 1.29 is 23.8 Å². The number of fused-ring (bicyclic) bond motifs is 1. The van der Waals surface area contributed by atoms with E-state index in [1.54, 1.807) is 0 Å². The van der Waals surface area contributed by atoms with E-state index in [1.165, 1.54) is 24.3 Å². The first-order valence-electron chi connectivity index (χ1n) is 11.9. The Hall–Kier alpha value is -3.49. The van der Waals surface area contributed by atoms with Gasteiger partial charge < -0.3 is 25.4 Å². The normalized spacial score (nSPS) is 15.0. The molecule has 1 aliphatic rings. The van der Waals surface area contributed by atoms with Gasteiger partial charge in [-0.15, -0.1) is 0 Å². The van der Waals surface area contributed by atoms with Crippen LogP contribution in [-0.4, -0.2) is 67.3 Å². The lowest BCUT2D eigenvalue weighted by Crippen LogP contribution is -2.43. The minimum absolute atomic E-state index is 0.127. The molecule has 3 aromatic carbocycles. The summed E-state index contributed by atoms with van der Waals surface area (Å²) in [5, 5.41) is 17.4. The fraction of sp³-hybridized carbons (Fsp3) is 0.333. The van der Waals surface area contributed by atoms with Gasteiger partial charge in [0.2, 0.25) is 0 Å². The summed E-state index contributed by atoms with van der Waals surface area (Å²) in [6, 6.07) is 15.4. The molecule has 3 aromatic rings. The van der Waals surface area contributed by atoms with E-state index in [-0.39, 0.29) is 12.0 Å². The lowest BCUT2D eigenvalue weighted by Gasteiger charge is -2.26. The first-order valence-corrected chi connectivity index (χ1v) is 11.9. The molecule has 3 N–H and O–H groups in total. The third-order valence-electron chi connectivity index (χ3n) is 6.12. The maximum absolute atomic E-state index is 13.1. The van der Waals surface area contributed by atoms with E-state index in [0.717, 1.165) is 61.2 Å². The number of nitrogens with zero attached hydrogens (tertiary/aromatic N) is 1. The van der Waals surface area contributed by atoms with Crippen LogP contribution >= 0.6 is 0 Å². The van der Waals surface area contributed by atoms with Crippen molar-refractivity contribution in [3.63, 3.8) is 0 Å². The van der Waals surface area contributed by atoms with E-state index in [4.69, 9.17) is 4.74 Å². The Morgan fingerprint density at radius 3 is 2.49 bits per heavy atom. The van der Waals surface area contributed by atoms with Gasteiger partial charge in [0.05, 0.1) is 6.61 Å². The average Bonchev–Trinajstić information content (AvgIpc) is 2.87. The van der Waals surface area contributed by atoms with Crippen LogP contribution in [0.15, 0.2) is 60.7 Å². The molecular weight excluding hydrogens is 449 g/mol. The molecule has 1 amide bonds. The van der Waals surface area contributed by atoms with Crippen LogP contribution in [0, 0.1) is 5.82 Å². The third kappa shape index (κ3) is 7.00. The van der Waals surface area contributed by atoms with Gasteiger partial charge in [-0.05, 0) is 59.2 Å². The van der Waals surface area contributed by atoms with Gasteiger partial charge in [-0.3, -0.25) is 4.79 Å². The zero-order valence-corrected chi connectivity index (χ0v) is 19.5. The number of benzene rings is 3. The summed E-state index contributed by atoms with van der Waals surface area (Å²) in [4.78, 5) is 26.6. The summed E-state index contributed by atoms with van der Waals surface area (Å²) in [6.45, 7) is 5.93. The highest BCUT2D eigenvalue weighted by atomic mass is 19.1. The summed E-state index contributed by atoms with van der Waals surface area (Å²) in [6.07, 6.45) is 1.10. The van der Waals surface area contributed by atoms with Gasteiger partial charge in [-0.1, -0.05) is 24.3 Å². The number of aliphatic carboxylic acids is 1. The maximum Gasteiger partial charge on any atom is 0.326 e. The quantitative estimate of drug-likeness (QED) is 0.387. The first-order chi connectivity index (χ1) is 17.0. The minimum atomic E-state index is -1.13. The highest BCUT2D eigenvalue weighted by Crippen LogP contribution is 2.23. The largest absolute Gasteiger partial charge is 0.494 e. The molecule has 1 fully saturated rings. The van der Waals surface area contributed by atoms with Gasteiger partial charge in [0.1, 0.15) is 17.6 Å². The first kappa shape index (κ1) is 24.6. The van der Waals surface area contributed by atoms with Crippen molar-refractivity contribution in [2.45, 2.75) is 18.9 Å². The van der Waals surface area contributed by atoms with E-state index >= 15 is 0 Å². The van der Waals surface area contributed by atoms with Crippen molar-refractivity contribution >= 4 is 22.6 Å². The fourth-order valence-electron chi connectivity index (χ4n) is 4.18. The van der Waals surface area contributed by atoms with Crippen LogP contribution < -0.4 is 15.4 Å². The van der Waals surface area contributed by atoms with Crippen LogP contribution in [0.5, 0.6) is 5.75 Å². The second kappa shape index (κ2) is 11.8. The number of hydrogen-bond acceptors (Lipinski definition) is 5. The molecule has 1 heterocycles. The second-order valence-corrected chi connectivity index (χ2v) is 8.71. The van der Waals surface area contributed by atoms with Gasteiger partial charge in [0, 0.05) is 44.7 Å². The molecule has 1 aliphatic heterocycles. The Morgan fingerprint density at radius 2 is 1.74 bits per heavy atom. The standard InChI is InChI=1S/C27H30FN3O4/c28-23-7-4-20(5-8-23)26(32)30-25(27(33)34)17-19-2-3-22-18-24(9-6-21(22)16-19)35-15-1-12-31-13-10-29-11-14-31/h2-9,16,18,25,29H,1,10-15,17H2,(H,30,32)(H,33,34). The van der Waals surface area contributed by atoms with Gasteiger partial charge in [-0.25, -0.2) is 9.18 Å². The average molecular weight is 480 g/mol. The Bertz CT molecular complexity index is 1160. The zero-order valence-electron chi connectivity index (χ0n) is 19.5. The molecule has 1 saturated heterocycles. The smallest absolute Gasteiger partial charge is 0.326 e. The molecule has 1 unspecified atom stereocenters. The molecule has 0 radical (unpaired) electrons. The van der Waals surface area contributed by atoms with E-state index < -0.39 is 23.7 Å². The predicted molar refractivity (Wildman–Crippen MR) is 132 cm³/mol. The van der Waals surface area contributed by atoms with Crippen LogP contribution in [0.25, 0.3) is 10.8 Å². The highest BCUT2D eigenvalue weighted by molar-refractivity contribution is 5.96. The van der Waals surface area contributed by atoms with Crippen LogP contribution in [0.3, 0.4) is 0 Å². The van der Waals surface area contributed by atoms with E-state index in [2.05, 4.69) is 15.5 Å². The molecule has 8 heteroatoms. The molecule has 0 saturated carbocycles. The van der Waals surface area contributed by atoms with E-state index in [0.29, 0.717) is 6.61 Å². The number of piperazine rings is 1. The van der Waals surface area contributed by atoms with Crippen molar-refractivity contribution in [1.82, 2.24) is 15.5 Å². The maximum atomic E-state index is 13.1. The van der Waals surface area contributed by atoms with Gasteiger partial charge in [0.25, 0.3) is 5.91 Å². The summed E-state index contributed by atoms with van der Waals surface area (Å²) in [7, 11) is 0. The van der Waals surface area contributed by atoms with Gasteiger partial charge >= 0.3 is 5.97 Å². The summed E-state index contributed by atoms with van der Waals surface area (Å²) in [5.74, 6) is -1.35. The molecule has 7 nitrogen and oxygen atoms in total. The topological polar surface area (TPSA) is 90.9 Å². The minimum Gasteiger partial charge on any atom is -0.494 e. The molecule has 0 aromatic heterocycles. The number of ether oxygens (including phenoxy) is 1. The Kier molecular flexibility index (Phi) is 8.28. The predicted octanol–water partition coefficient (Wildman–Crippen LogP) is 3.08. The molecular formula is C27H30FN3O4. The highest BCUT2D eigenvalue weighted by Gasteiger charge is 2.21. The monoisotopic (exact) mass is 479 g/mol. The van der Waals surface area contributed by atoms with E-state index in [1.807, 2.05) is 36.4 Å². The number of halogens is 1. The number of carboxylic acid groups (broad SMARTS) is 1. The number of rotatable bonds is 10. The van der Waals surface area contributed by atoms with Gasteiger partial charge in [0.15, 0.2) is 0 Å². The lowest BCUT2D eigenvalue weighted by atomic mass is 10.0. The summed E-state index contributed by atoms with van der Waals surface area (Å²) >= 11 is 0. The molecule has 184 valence electrons. The number of carboxylic acids is 1. The summed E-state index contributed by atoms with van der Waals surface area (Å²) < 4.78 is 19.0. The second-order valence-electron chi connectivity index (χ2n) is 8.71. The number of carbonyl (C=O) groups excluding carboxylic acids is 1. The van der Waals surface area contributed by atoms with Gasteiger partial charge in [-0.2, -0.15) is 0 Å². The van der Waals surface area contributed by atoms with Crippen molar-refractivity contribution in [2.24, 2.45) is 0 Å². The SMILES string of the molecule is O=C(NC(Cc1ccc2cc(OCCCN3CCNCC3)ccc2c1)C(=O)O)c1ccc(F)cc1. The Labute approximate surface area is 203 Å². The van der Waals surface area contributed by atoms with Crippen LogP contribution in [0.1, 0.15) is 22.3 Å². The molecule has 0 bridgehead atoms. The molecule has 35 heavy (non-hydrogen) atoms. The molecule has 0 spiro atoms. The summed E-state index contributed by atoms with van der Waals surface area (Å²) in [5.41, 5.74) is 0.991. The van der Waals surface area contributed by atoms with Crippen molar-refractivity contribution in [3.8, 4) is 5.75 Å². The lowest BCUT2D eigenvalue weighted by molar-refractivity contribution is -0.139. The van der Waals surface area contributed by atoms with Crippen molar-refractivity contribution in [2.75, 3.05) is 39.3 Å². The Balaban J connectivity index is 1.34. The van der Waals surface area contributed by atoms with Crippen molar-refractivity contribution in [1.29, 1.82) is 0 Å². The fourth-order valence-corrected chi connectivity index (χ4v) is 4.18. The van der Waals surface area contributed by atoms with E-state index in [9.17, 15) is 19.1 Å². The molecule has 1 atom stereocenters. The van der Waals surface area contributed by atoms with Crippen molar-refractivity contribution in [3.05, 3.63) is 77.6 Å². The number of hydrogen-bond donors (Lipinski definition) is 3. The van der Waals surface area contributed by atoms with Crippen LogP contribution in [0.2, 0.25) is 0 Å². The molecule has 0 aliphatic carbocycles. The van der Waals surface area contributed by atoms with Crippen LogP contribution in [0.4, 0.5) is 4.39 Å². The number of amides is 1.